The molecule has 0 bridgehead atoms. The summed E-state index contributed by atoms with van der Waals surface area (Å²) in [5.74, 6) is 1.20. The molecule has 108 valence electrons. The Morgan fingerprint density at radius 1 is 1.38 bits per heavy atom. The number of aromatic nitrogens is 2. The van der Waals surface area contributed by atoms with Crippen LogP contribution in [0.1, 0.15) is 11.3 Å². The number of rotatable bonds is 3. The third-order valence-corrected chi connectivity index (χ3v) is 3.43. The third kappa shape index (κ3) is 2.26. The van der Waals surface area contributed by atoms with Crippen molar-refractivity contribution in [1.29, 1.82) is 0 Å². The maximum atomic E-state index is 11.3. The molecule has 1 aromatic heterocycles. The third-order valence-electron chi connectivity index (χ3n) is 3.43. The van der Waals surface area contributed by atoms with Gasteiger partial charge in [-0.1, -0.05) is 0 Å². The lowest BCUT2D eigenvalue weighted by atomic mass is 10.0. The zero-order chi connectivity index (χ0) is 15.0. The van der Waals surface area contributed by atoms with E-state index in [1.807, 2.05) is 12.1 Å². The number of benzene rings is 1. The van der Waals surface area contributed by atoms with Gasteiger partial charge in [0.2, 0.25) is 5.95 Å². The van der Waals surface area contributed by atoms with Crippen molar-refractivity contribution in [3.8, 4) is 17.0 Å². The van der Waals surface area contributed by atoms with Crippen molar-refractivity contribution in [3.05, 3.63) is 39.6 Å². The molecule has 21 heavy (non-hydrogen) atoms. The monoisotopic (exact) mass is 286 g/mol. The molecule has 1 aliphatic rings. The van der Waals surface area contributed by atoms with E-state index in [4.69, 9.17) is 4.74 Å². The summed E-state index contributed by atoms with van der Waals surface area (Å²) in [7, 11) is 1.68. The minimum atomic E-state index is -0.437. The molecule has 0 atom stereocenters. The van der Waals surface area contributed by atoms with Gasteiger partial charge in [-0.2, -0.15) is 0 Å². The molecular weight excluding hydrogens is 272 g/mol. The van der Waals surface area contributed by atoms with Crippen LogP contribution in [0.5, 0.6) is 5.75 Å². The van der Waals surface area contributed by atoms with Crippen LogP contribution in [0.4, 0.5) is 11.6 Å². The van der Waals surface area contributed by atoms with Gasteiger partial charge in [-0.15, -0.1) is 0 Å². The van der Waals surface area contributed by atoms with Crippen LogP contribution in [0, 0.1) is 17.0 Å². The minimum Gasteiger partial charge on any atom is -0.493 e. The van der Waals surface area contributed by atoms with E-state index in [1.54, 1.807) is 20.0 Å². The largest absolute Gasteiger partial charge is 0.493 e. The summed E-state index contributed by atoms with van der Waals surface area (Å²) in [4.78, 5) is 19.2. The molecule has 0 radical (unpaired) electrons. The van der Waals surface area contributed by atoms with Crippen molar-refractivity contribution in [2.45, 2.75) is 13.3 Å². The number of nitrogens with one attached hydrogen (secondary N) is 1. The van der Waals surface area contributed by atoms with E-state index in [9.17, 15) is 10.1 Å². The highest BCUT2D eigenvalue weighted by Crippen LogP contribution is 2.35. The van der Waals surface area contributed by atoms with Gasteiger partial charge in [-0.25, -0.2) is 9.97 Å². The summed E-state index contributed by atoms with van der Waals surface area (Å²) in [5, 5.41) is 14.2. The lowest BCUT2D eigenvalue weighted by Gasteiger charge is -2.08. The number of aryl methyl sites for hydroxylation is 1. The Morgan fingerprint density at radius 2 is 2.19 bits per heavy atom. The van der Waals surface area contributed by atoms with Crippen LogP contribution in [-0.2, 0) is 6.42 Å². The highest BCUT2D eigenvalue weighted by Gasteiger charge is 2.24. The second-order valence-electron chi connectivity index (χ2n) is 4.76. The fraction of sp³-hybridized carbons (Fsp3) is 0.286. The summed E-state index contributed by atoms with van der Waals surface area (Å²) >= 11 is 0. The molecule has 0 spiro atoms. The molecule has 7 nitrogen and oxygen atoms in total. The SMILES string of the molecule is CNc1nc(C)c([N+](=O)[O-])c(-c2ccc3c(c2)CCO3)n1. The smallest absolute Gasteiger partial charge is 0.316 e. The standard InChI is InChI=1S/C14H14N4O3/c1-8-13(18(19)20)12(17-14(15-2)16-8)10-3-4-11-9(7-10)5-6-21-11/h3-4,7H,5-6H2,1-2H3,(H,15,16,17). The van der Waals surface area contributed by atoms with Gasteiger partial charge in [0.1, 0.15) is 11.4 Å². The van der Waals surface area contributed by atoms with Gasteiger partial charge in [0.05, 0.1) is 11.5 Å². The number of ether oxygens (including phenoxy) is 1. The summed E-state index contributed by atoms with van der Waals surface area (Å²) < 4.78 is 5.46. The summed E-state index contributed by atoms with van der Waals surface area (Å²) in [6.07, 6.45) is 0.805. The lowest BCUT2D eigenvalue weighted by molar-refractivity contribution is -0.385. The molecule has 0 aliphatic carbocycles. The van der Waals surface area contributed by atoms with Gasteiger partial charge in [0.15, 0.2) is 5.69 Å². The van der Waals surface area contributed by atoms with Gasteiger partial charge < -0.3 is 10.1 Å². The van der Waals surface area contributed by atoms with Crippen molar-refractivity contribution in [1.82, 2.24) is 9.97 Å². The molecule has 3 rings (SSSR count). The molecular formula is C14H14N4O3. The van der Waals surface area contributed by atoms with E-state index in [0.29, 0.717) is 29.5 Å². The highest BCUT2D eigenvalue weighted by atomic mass is 16.6. The minimum absolute atomic E-state index is 0.0622. The summed E-state index contributed by atoms with van der Waals surface area (Å²) in [5.41, 5.74) is 2.35. The van der Waals surface area contributed by atoms with E-state index >= 15 is 0 Å². The van der Waals surface area contributed by atoms with Crippen LogP contribution in [-0.4, -0.2) is 28.5 Å². The van der Waals surface area contributed by atoms with Gasteiger partial charge in [-0.3, -0.25) is 10.1 Å². The molecule has 2 aromatic rings. The lowest BCUT2D eigenvalue weighted by Crippen LogP contribution is -2.05. The number of nitrogens with zero attached hydrogens (tertiary/aromatic N) is 3. The Kier molecular flexibility index (Phi) is 3.17. The second kappa shape index (κ2) is 5.01. The normalized spacial score (nSPS) is 12.7. The Labute approximate surface area is 121 Å². The molecule has 0 saturated carbocycles. The first-order chi connectivity index (χ1) is 10.1. The zero-order valence-corrected chi connectivity index (χ0v) is 11.7. The van der Waals surface area contributed by atoms with Crippen LogP contribution < -0.4 is 10.1 Å². The molecule has 1 aromatic carbocycles. The van der Waals surface area contributed by atoms with Crippen LogP contribution in [0.15, 0.2) is 18.2 Å². The first kappa shape index (κ1) is 13.3. The van der Waals surface area contributed by atoms with E-state index in [2.05, 4.69) is 15.3 Å². The maximum absolute atomic E-state index is 11.3. The maximum Gasteiger partial charge on any atom is 0.316 e. The van der Waals surface area contributed by atoms with E-state index < -0.39 is 4.92 Å². The van der Waals surface area contributed by atoms with Crippen LogP contribution in [0.2, 0.25) is 0 Å². The van der Waals surface area contributed by atoms with Crippen molar-refractivity contribution in [2.24, 2.45) is 0 Å². The predicted molar refractivity (Wildman–Crippen MR) is 77.6 cm³/mol. The number of anilines is 1. The van der Waals surface area contributed by atoms with Gasteiger partial charge in [-0.05, 0) is 30.7 Å². The van der Waals surface area contributed by atoms with Crippen LogP contribution >= 0.6 is 0 Å². The highest BCUT2D eigenvalue weighted by molar-refractivity contribution is 5.73. The van der Waals surface area contributed by atoms with Crippen LogP contribution in [0.25, 0.3) is 11.3 Å². The Hall–Kier alpha value is -2.70. The van der Waals surface area contributed by atoms with Crippen molar-refractivity contribution in [3.63, 3.8) is 0 Å². The number of hydrogen-bond donors (Lipinski definition) is 1. The predicted octanol–water partition coefficient (Wildman–Crippen LogP) is 2.34. The molecule has 1 aliphatic heterocycles. The molecule has 0 saturated heterocycles. The zero-order valence-electron chi connectivity index (χ0n) is 11.7. The molecule has 0 unspecified atom stereocenters. The van der Waals surface area contributed by atoms with Crippen LogP contribution in [0.3, 0.4) is 0 Å². The molecule has 0 amide bonds. The first-order valence-corrected chi connectivity index (χ1v) is 6.57. The Bertz CT molecular complexity index is 730. The Balaban J connectivity index is 2.20. The van der Waals surface area contributed by atoms with Gasteiger partial charge >= 0.3 is 5.69 Å². The number of fused-ring (bicyclic) bond motifs is 1. The first-order valence-electron chi connectivity index (χ1n) is 6.57. The van der Waals surface area contributed by atoms with Crippen molar-refractivity contribution in [2.75, 3.05) is 19.0 Å². The molecule has 2 heterocycles. The van der Waals surface area contributed by atoms with E-state index in [-0.39, 0.29) is 5.69 Å². The Morgan fingerprint density at radius 3 is 2.90 bits per heavy atom. The number of hydrogen-bond acceptors (Lipinski definition) is 6. The topological polar surface area (TPSA) is 90.2 Å². The van der Waals surface area contributed by atoms with Crippen molar-refractivity contribution < 1.29 is 9.66 Å². The van der Waals surface area contributed by atoms with Crippen molar-refractivity contribution >= 4 is 11.6 Å². The van der Waals surface area contributed by atoms with Gasteiger partial charge in [0.25, 0.3) is 0 Å². The quantitative estimate of drug-likeness (QED) is 0.688. The average Bonchev–Trinajstić information content (AvgIpc) is 2.93. The molecule has 1 N–H and O–H groups in total. The molecule has 7 heteroatoms. The molecule has 0 fully saturated rings. The van der Waals surface area contributed by atoms with E-state index in [0.717, 1.165) is 17.7 Å². The van der Waals surface area contributed by atoms with Gasteiger partial charge in [0, 0.05) is 19.0 Å². The second-order valence-corrected chi connectivity index (χ2v) is 4.76. The summed E-state index contributed by atoms with van der Waals surface area (Å²) in [6, 6.07) is 5.52. The fourth-order valence-electron chi connectivity index (χ4n) is 2.43. The van der Waals surface area contributed by atoms with E-state index in [1.165, 1.54) is 0 Å². The summed E-state index contributed by atoms with van der Waals surface area (Å²) in [6.45, 7) is 2.26. The fourth-order valence-corrected chi connectivity index (χ4v) is 2.43. The average molecular weight is 286 g/mol. The number of nitro groups is 1.